The number of anilines is 1. The maximum absolute atomic E-state index is 13.1. The van der Waals surface area contributed by atoms with Crippen molar-refractivity contribution < 1.29 is 13.9 Å². The molecule has 27 heavy (non-hydrogen) atoms. The van der Waals surface area contributed by atoms with Crippen molar-refractivity contribution in [1.82, 2.24) is 15.3 Å². The molecule has 0 aromatic carbocycles. The lowest BCUT2D eigenvalue weighted by atomic mass is 9.73. The van der Waals surface area contributed by atoms with Crippen molar-refractivity contribution in [3.8, 4) is 0 Å². The van der Waals surface area contributed by atoms with Gasteiger partial charge in [-0.3, -0.25) is 4.79 Å². The summed E-state index contributed by atoms with van der Waals surface area (Å²) in [5.41, 5.74) is -0.150. The van der Waals surface area contributed by atoms with E-state index >= 15 is 0 Å². The maximum Gasteiger partial charge on any atom is 0.225 e. The number of hydrogen-bond acceptors (Lipinski definition) is 5. The summed E-state index contributed by atoms with van der Waals surface area (Å²) in [6.45, 7) is 2.26. The minimum Gasteiger partial charge on any atom is -0.369 e. The van der Waals surface area contributed by atoms with E-state index < -0.39 is 5.82 Å². The van der Waals surface area contributed by atoms with E-state index in [1.165, 1.54) is 38.1 Å². The van der Waals surface area contributed by atoms with Crippen molar-refractivity contribution in [2.24, 2.45) is 17.8 Å². The highest BCUT2D eigenvalue weighted by molar-refractivity contribution is 5.76. The van der Waals surface area contributed by atoms with Gasteiger partial charge in [0, 0.05) is 31.3 Å². The Morgan fingerprint density at radius 1 is 1.30 bits per heavy atom. The summed E-state index contributed by atoms with van der Waals surface area (Å²) in [5, 5.41) is 3.19. The summed E-state index contributed by atoms with van der Waals surface area (Å²) in [6.07, 6.45) is 10.4. The lowest BCUT2D eigenvalue weighted by Crippen LogP contribution is -2.42. The van der Waals surface area contributed by atoms with Crippen molar-refractivity contribution in [1.29, 1.82) is 0 Å². The Balaban J connectivity index is 1.23. The second-order valence-corrected chi connectivity index (χ2v) is 8.77. The third kappa shape index (κ3) is 3.10. The van der Waals surface area contributed by atoms with E-state index in [0.717, 1.165) is 25.9 Å². The van der Waals surface area contributed by atoms with E-state index in [0.29, 0.717) is 36.7 Å². The highest BCUT2D eigenvalue weighted by atomic mass is 19.1. The van der Waals surface area contributed by atoms with Gasteiger partial charge in [0.15, 0.2) is 5.82 Å². The number of nitrogens with one attached hydrogen (secondary N) is 1. The summed E-state index contributed by atoms with van der Waals surface area (Å²) in [6, 6.07) is 0. The third-order valence-corrected chi connectivity index (χ3v) is 7.16. The molecule has 1 aromatic rings. The standard InChI is InChI=1S/C20H27FN4O2/c21-14-8-23-19(24-9-14)25-11-16-15(17-5-6-20(16,12-25)27-17)10-22-18(26)7-13-3-1-2-4-13/h8-9,13,15-17H,1-7,10-12H2,(H,22,26)/t15-,16+,17+,20+/m0/s1. The molecule has 1 spiro atoms. The number of halogens is 1. The molecule has 1 aromatic heterocycles. The molecule has 3 aliphatic heterocycles. The molecule has 4 fully saturated rings. The number of amides is 1. The first kappa shape index (κ1) is 17.3. The Morgan fingerprint density at radius 3 is 2.85 bits per heavy atom. The van der Waals surface area contributed by atoms with E-state index in [9.17, 15) is 9.18 Å². The zero-order valence-electron chi connectivity index (χ0n) is 15.6. The largest absolute Gasteiger partial charge is 0.369 e. The molecule has 3 saturated heterocycles. The van der Waals surface area contributed by atoms with Crippen LogP contribution in [0.4, 0.5) is 10.3 Å². The number of nitrogens with zero attached hydrogens (tertiary/aromatic N) is 3. The Labute approximate surface area is 158 Å². The van der Waals surface area contributed by atoms with E-state index in [1.54, 1.807) is 0 Å². The zero-order chi connectivity index (χ0) is 18.4. The summed E-state index contributed by atoms with van der Waals surface area (Å²) >= 11 is 0. The Hall–Kier alpha value is -1.76. The van der Waals surface area contributed by atoms with Crippen LogP contribution >= 0.6 is 0 Å². The van der Waals surface area contributed by atoms with Crippen molar-refractivity contribution in [3.05, 3.63) is 18.2 Å². The number of carbonyl (C=O) groups excluding carboxylic acids is 1. The molecule has 0 unspecified atom stereocenters. The third-order valence-electron chi connectivity index (χ3n) is 7.16. The molecular weight excluding hydrogens is 347 g/mol. The lowest BCUT2D eigenvalue weighted by molar-refractivity contribution is -0.122. The Kier molecular flexibility index (Phi) is 4.30. The van der Waals surface area contributed by atoms with Gasteiger partial charge in [-0.1, -0.05) is 12.8 Å². The fourth-order valence-electron chi connectivity index (χ4n) is 5.87. The molecule has 1 amide bonds. The number of carbonyl (C=O) groups is 1. The van der Waals surface area contributed by atoms with Crippen LogP contribution in [0.25, 0.3) is 0 Å². The fourth-order valence-corrected chi connectivity index (χ4v) is 5.87. The van der Waals surface area contributed by atoms with Crippen LogP contribution in [0.3, 0.4) is 0 Å². The van der Waals surface area contributed by atoms with E-state index in [1.807, 2.05) is 0 Å². The first-order chi connectivity index (χ1) is 13.1. The smallest absolute Gasteiger partial charge is 0.225 e. The monoisotopic (exact) mass is 374 g/mol. The van der Waals surface area contributed by atoms with Crippen LogP contribution in [0.15, 0.2) is 12.4 Å². The molecular formula is C20H27FN4O2. The predicted octanol–water partition coefficient (Wildman–Crippen LogP) is 2.30. The predicted molar refractivity (Wildman–Crippen MR) is 97.6 cm³/mol. The van der Waals surface area contributed by atoms with Gasteiger partial charge < -0.3 is 15.0 Å². The quantitative estimate of drug-likeness (QED) is 0.857. The van der Waals surface area contributed by atoms with Gasteiger partial charge in [-0.05, 0) is 31.6 Å². The van der Waals surface area contributed by atoms with Crippen LogP contribution in [0, 0.1) is 23.6 Å². The average Bonchev–Trinajstić information content (AvgIpc) is 3.41. The number of ether oxygens (including phenoxy) is 1. The second-order valence-electron chi connectivity index (χ2n) is 8.77. The highest BCUT2D eigenvalue weighted by Gasteiger charge is 2.63. The molecule has 1 saturated carbocycles. The van der Waals surface area contributed by atoms with Crippen LogP contribution < -0.4 is 10.2 Å². The van der Waals surface area contributed by atoms with Crippen LogP contribution in [0.1, 0.15) is 44.9 Å². The molecule has 1 N–H and O–H groups in total. The van der Waals surface area contributed by atoms with Gasteiger partial charge in [0.25, 0.3) is 0 Å². The van der Waals surface area contributed by atoms with Crippen LogP contribution in [-0.4, -0.2) is 47.2 Å². The number of fused-ring (bicyclic) bond motifs is 1. The highest BCUT2D eigenvalue weighted by Crippen LogP contribution is 2.54. The van der Waals surface area contributed by atoms with Crippen LogP contribution in [0.5, 0.6) is 0 Å². The summed E-state index contributed by atoms with van der Waals surface area (Å²) in [7, 11) is 0. The topological polar surface area (TPSA) is 67.4 Å². The van der Waals surface area contributed by atoms with E-state index in [4.69, 9.17) is 4.74 Å². The van der Waals surface area contributed by atoms with E-state index in [-0.39, 0.29) is 17.6 Å². The zero-order valence-corrected chi connectivity index (χ0v) is 15.6. The number of aromatic nitrogens is 2. The van der Waals surface area contributed by atoms with Crippen molar-refractivity contribution >= 4 is 11.9 Å². The van der Waals surface area contributed by atoms with Crippen LogP contribution in [0.2, 0.25) is 0 Å². The summed E-state index contributed by atoms with van der Waals surface area (Å²) in [4.78, 5) is 22.7. The van der Waals surface area contributed by atoms with Gasteiger partial charge in [0.2, 0.25) is 11.9 Å². The molecule has 146 valence electrons. The van der Waals surface area contributed by atoms with Crippen molar-refractivity contribution in [2.75, 3.05) is 24.5 Å². The number of hydrogen-bond donors (Lipinski definition) is 1. The molecule has 4 aliphatic rings. The van der Waals surface area contributed by atoms with Gasteiger partial charge in [0.1, 0.15) is 0 Å². The minimum absolute atomic E-state index is 0.150. The van der Waals surface area contributed by atoms with Gasteiger partial charge in [-0.2, -0.15) is 0 Å². The SMILES string of the molecule is O=C(CC1CCCC1)NC[C@H]1[C@H]2CN(c3ncc(F)cn3)C[C@]23CC[C@H]1O3. The molecule has 4 atom stereocenters. The van der Waals surface area contributed by atoms with Gasteiger partial charge in [-0.25, -0.2) is 14.4 Å². The van der Waals surface area contributed by atoms with E-state index in [2.05, 4.69) is 20.2 Å². The first-order valence-corrected chi connectivity index (χ1v) is 10.3. The van der Waals surface area contributed by atoms with Crippen molar-refractivity contribution in [3.63, 3.8) is 0 Å². The average molecular weight is 374 g/mol. The first-order valence-electron chi connectivity index (χ1n) is 10.3. The van der Waals surface area contributed by atoms with Crippen molar-refractivity contribution in [2.45, 2.75) is 56.7 Å². The Morgan fingerprint density at radius 2 is 2.07 bits per heavy atom. The second kappa shape index (κ2) is 6.69. The summed E-state index contributed by atoms with van der Waals surface area (Å²) in [5.74, 6) is 1.63. The van der Waals surface area contributed by atoms with Crippen LogP contribution in [-0.2, 0) is 9.53 Å². The Bertz CT molecular complexity index is 708. The minimum atomic E-state index is -0.420. The van der Waals surface area contributed by atoms with Gasteiger partial charge in [0.05, 0.1) is 30.6 Å². The van der Waals surface area contributed by atoms with Gasteiger partial charge in [-0.15, -0.1) is 0 Å². The number of rotatable bonds is 5. The molecule has 7 heteroatoms. The molecule has 4 heterocycles. The normalized spacial score (nSPS) is 35.0. The van der Waals surface area contributed by atoms with Gasteiger partial charge >= 0.3 is 0 Å². The maximum atomic E-state index is 13.1. The molecule has 0 radical (unpaired) electrons. The lowest BCUT2D eigenvalue weighted by Gasteiger charge is -2.29. The summed E-state index contributed by atoms with van der Waals surface area (Å²) < 4.78 is 19.5. The molecule has 1 aliphatic carbocycles. The fraction of sp³-hybridized carbons (Fsp3) is 0.750. The molecule has 2 bridgehead atoms. The molecule has 5 rings (SSSR count). The molecule has 6 nitrogen and oxygen atoms in total.